The van der Waals surface area contributed by atoms with Crippen molar-refractivity contribution >= 4 is 16.5 Å². The number of hydrogen-bond donors (Lipinski definition) is 2. The van der Waals surface area contributed by atoms with E-state index in [4.69, 9.17) is 0 Å². The summed E-state index contributed by atoms with van der Waals surface area (Å²) in [4.78, 5) is 8.04. The number of likely N-dealkylation sites (tertiary alicyclic amines) is 1. The maximum Gasteiger partial charge on any atom is 0.182 e. The van der Waals surface area contributed by atoms with E-state index in [1.54, 1.807) is 11.3 Å². The van der Waals surface area contributed by atoms with Crippen LogP contribution in [0.1, 0.15) is 25.1 Å². The monoisotopic (exact) mass is 255 g/mol. The van der Waals surface area contributed by atoms with Crippen LogP contribution in [-0.4, -0.2) is 40.7 Å². The second-order valence-electron chi connectivity index (χ2n) is 4.73. The summed E-state index contributed by atoms with van der Waals surface area (Å²) in [5.41, 5.74) is 0. The molecule has 0 radical (unpaired) electrons. The van der Waals surface area contributed by atoms with Crippen LogP contribution in [0.25, 0.3) is 0 Å². The van der Waals surface area contributed by atoms with Gasteiger partial charge in [-0.25, -0.2) is 4.98 Å². The van der Waals surface area contributed by atoms with Crippen molar-refractivity contribution in [3.63, 3.8) is 0 Å². The van der Waals surface area contributed by atoms with Gasteiger partial charge in [0.05, 0.1) is 6.10 Å². The van der Waals surface area contributed by atoms with Crippen LogP contribution < -0.4 is 5.32 Å². The van der Waals surface area contributed by atoms with E-state index in [2.05, 4.69) is 29.0 Å². The van der Waals surface area contributed by atoms with Gasteiger partial charge in [0.25, 0.3) is 0 Å². The highest BCUT2D eigenvalue weighted by Gasteiger charge is 2.24. The summed E-state index contributed by atoms with van der Waals surface area (Å²) in [6.45, 7) is 8.04. The highest BCUT2D eigenvalue weighted by Crippen LogP contribution is 2.23. The summed E-state index contributed by atoms with van der Waals surface area (Å²) in [6.07, 6.45) is 2.73. The number of anilines is 1. The van der Waals surface area contributed by atoms with Gasteiger partial charge < -0.3 is 10.4 Å². The molecule has 5 heteroatoms. The standard InChI is InChI=1S/C12H21N3OS/c1-3-13-12-14-6-10(17-12)8-15-5-4-11(16)9(2)7-15/h6,9,11,16H,3-5,7-8H2,1-2H3,(H,13,14). The number of aliphatic hydroxyl groups is 1. The van der Waals surface area contributed by atoms with E-state index in [-0.39, 0.29) is 6.10 Å². The average molecular weight is 255 g/mol. The number of thiazole rings is 1. The Balaban J connectivity index is 1.87. The molecule has 4 nitrogen and oxygen atoms in total. The normalized spacial score (nSPS) is 26.1. The Morgan fingerprint density at radius 3 is 3.18 bits per heavy atom. The van der Waals surface area contributed by atoms with Gasteiger partial charge in [0, 0.05) is 37.3 Å². The van der Waals surface area contributed by atoms with Gasteiger partial charge in [0.15, 0.2) is 5.13 Å². The highest BCUT2D eigenvalue weighted by molar-refractivity contribution is 7.15. The Hall–Kier alpha value is -0.650. The fourth-order valence-corrected chi connectivity index (χ4v) is 3.12. The van der Waals surface area contributed by atoms with Crippen molar-refractivity contribution in [3.8, 4) is 0 Å². The van der Waals surface area contributed by atoms with Crippen LogP contribution in [-0.2, 0) is 6.54 Å². The van der Waals surface area contributed by atoms with Gasteiger partial charge in [-0.1, -0.05) is 6.92 Å². The van der Waals surface area contributed by atoms with Gasteiger partial charge in [-0.3, -0.25) is 4.90 Å². The minimum Gasteiger partial charge on any atom is -0.393 e. The maximum atomic E-state index is 9.69. The Bertz CT molecular complexity index is 355. The summed E-state index contributed by atoms with van der Waals surface area (Å²) in [5.74, 6) is 0.380. The number of rotatable bonds is 4. The Kier molecular flexibility index (Phi) is 4.36. The van der Waals surface area contributed by atoms with Gasteiger partial charge >= 0.3 is 0 Å². The van der Waals surface area contributed by atoms with Crippen LogP contribution in [0.2, 0.25) is 0 Å². The van der Waals surface area contributed by atoms with Crippen LogP contribution in [0.4, 0.5) is 5.13 Å². The molecular weight excluding hydrogens is 234 g/mol. The third kappa shape index (κ3) is 3.40. The quantitative estimate of drug-likeness (QED) is 0.861. The second-order valence-corrected chi connectivity index (χ2v) is 5.85. The van der Waals surface area contributed by atoms with E-state index in [0.717, 1.165) is 37.7 Å². The van der Waals surface area contributed by atoms with Crippen molar-refractivity contribution < 1.29 is 5.11 Å². The third-order valence-electron chi connectivity index (χ3n) is 3.21. The Morgan fingerprint density at radius 2 is 2.47 bits per heavy atom. The first-order chi connectivity index (χ1) is 8.19. The van der Waals surface area contributed by atoms with E-state index in [1.807, 2.05) is 6.20 Å². The van der Waals surface area contributed by atoms with Gasteiger partial charge in [-0.05, 0) is 19.3 Å². The zero-order chi connectivity index (χ0) is 12.3. The van der Waals surface area contributed by atoms with E-state index in [1.165, 1.54) is 4.88 Å². The number of nitrogens with zero attached hydrogens (tertiary/aromatic N) is 2. The number of piperidine rings is 1. The lowest BCUT2D eigenvalue weighted by Crippen LogP contribution is -2.41. The predicted octanol–water partition coefficient (Wildman–Crippen LogP) is 1.78. The van der Waals surface area contributed by atoms with Gasteiger partial charge in [-0.15, -0.1) is 11.3 Å². The van der Waals surface area contributed by atoms with E-state index < -0.39 is 0 Å². The smallest absolute Gasteiger partial charge is 0.182 e. The van der Waals surface area contributed by atoms with Crippen molar-refractivity contribution in [3.05, 3.63) is 11.1 Å². The lowest BCUT2D eigenvalue weighted by molar-refractivity contribution is 0.0324. The minimum atomic E-state index is -0.120. The Morgan fingerprint density at radius 1 is 1.65 bits per heavy atom. The molecule has 2 unspecified atom stereocenters. The van der Waals surface area contributed by atoms with Crippen LogP contribution in [0, 0.1) is 5.92 Å². The molecule has 2 heterocycles. The summed E-state index contributed by atoms with van der Waals surface area (Å²) < 4.78 is 0. The van der Waals surface area contributed by atoms with Crippen LogP contribution >= 0.6 is 11.3 Å². The molecule has 0 spiro atoms. The van der Waals surface area contributed by atoms with Gasteiger partial charge in [0.2, 0.25) is 0 Å². The average Bonchev–Trinajstić information content (AvgIpc) is 2.72. The molecular formula is C12H21N3OS. The van der Waals surface area contributed by atoms with Crippen LogP contribution in [0.15, 0.2) is 6.20 Å². The fourth-order valence-electron chi connectivity index (χ4n) is 2.20. The lowest BCUT2D eigenvalue weighted by Gasteiger charge is -2.33. The largest absolute Gasteiger partial charge is 0.393 e. The van der Waals surface area contributed by atoms with Crippen molar-refractivity contribution in [2.45, 2.75) is 32.9 Å². The molecule has 1 aliphatic rings. The summed E-state index contributed by atoms with van der Waals surface area (Å²) in [5, 5.41) is 13.9. The van der Waals surface area contributed by atoms with Crippen molar-refractivity contribution in [1.82, 2.24) is 9.88 Å². The molecule has 2 atom stereocenters. The first-order valence-corrected chi connectivity index (χ1v) is 7.09. The lowest BCUT2D eigenvalue weighted by atomic mass is 9.97. The van der Waals surface area contributed by atoms with Crippen molar-refractivity contribution in [1.29, 1.82) is 0 Å². The predicted molar refractivity (Wildman–Crippen MR) is 71.3 cm³/mol. The molecule has 1 aromatic heterocycles. The molecule has 1 aliphatic heterocycles. The fraction of sp³-hybridized carbons (Fsp3) is 0.750. The zero-order valence-electron chi connectivity index (χ0n) is 10.5. The molecule has 17 heavy (non-hydrogen) atoms. The maximum absolute atomic E-state index is 9.69. The Labute approximate surface area is 107 Å². The molecule has 1 fully saturated rings. The number of aromatic nitrogens is 1. The zero-order valence-corrected chi connectivity index (χ0v) is 11.3. The molecule has 1 aromatic rings. The number of nitrogens with one attached hydrogen (secondary N) is 1. The number of aliphatic hydroxyl groups excluding tert-OH is 1. The summed E-state index contributed by atoms with van der Waals surface area (Å²) in [7, 11) is 0. The van der Waals surface area contributed by atoms with E-state index in [0.29, 0.717) is 5.92 Å². The molecule has 0 saturated carbocycles. The minimum absolute atomic E-state index is 0.120. The first-order valence-electron chi connectivity index (χ1n) is 6.28. The summed E-state index contributed by atoms with van der Waals surface area (Å²) >= 11 is 1.73. The molecule has 2 rings (SSSR count). The van der Waals surface area contributed by atoms with Crippen LogP contribution in [0.5, 0.6) is 0 Å². The number of hydrogen-bond acceptors (Lipinski definition) is 5. The highest BCUT2D eigenvalue weighted by atomic mass is 32.1. The molecule has 1 saturated heterocycles. The van der Waals surface area contributed by atoms with Crippen molar-refractivity contribution in [2.24, 2.45) is 5.92 Å². The van der Waals surface area contributed by atoms with Crippen LogP contribution in [0.3, 0.4) is 0 Å². The summed E-state index contributed by atoms with van der Waals surface area (Å²) in [6, 6.07) is 0. The molecule has 0 aromatic carbocycles. The van der Waals surface area contributed by atoms with Gasteiger partial charge in [0.1, 0.15) is 0 Å². The third-order valence-corrected chi connectivity index (χ3v) is 4.14. The molecule has 0 bridgehead atoms. The van der Waals surface area contributed by atoms with Crippen molar-refractivity contribution in [2.75, 3.05) is 25.0 Å². The van der Waals surface area contributed by atoms with E-state index >= 15 is 0 Å². The molecule has 0 aliphatic carbocycles. The topological polar surface area (TPSA) is 48.4 Å². The first kappa shape index (κ1) is 12.8. The van der Waals surface area contributed by atoms with Gasteiger partial charge in [-0.2, -0.15) is 0 Å². The molecule has 0 amide bonds. The molecule has 96 valence electrons. The second kappa shape index (κ2) is 5.80. The molecule has 2 N–H and O–H groups in total. The van der Waals surface area contributed by atoms with E-state index in [9.17, 15) is 5.11 Å². The SMILES string of the molecule is CCNc1ncc(CN2CCC(O)C(C)C2)s1.